The Morgan fingerprint density at radius 2 is 2.19 bits per heavy atom. The Morgan fingerprint density at radius 3 is 2.86 bits per heavy atom. The van der Waals surface area contributed by atoms with Gasteiger partial charge in [-0.25, -0.2) is 14.1 Å². The molecule has 0 unspecified atom stereocenters. The fraction of sp³-hybridized carbons (Fsp3) is 0.357. The molecular formula is C14H18FN5O. The van der Waals surface area contributed by atoms with E-state index in [1.165, 1.54) is 23.4 Å². The van der Waals surface area contributed by atoms with Crippen LogP contribution in [-0.2, 0) is 4.79 Å². The van der Waals surface area contributed by atoms with Gasteiger partial charge < -0.3 is 11.1 Å². The van der Waals surface area contributed by atoms with Gasteiger partial charge in [-0.3, -0.25) is 4.79 Å². The van der Waals surface area contributed by atoms with Gasteiger partial charge in [-0.2, -0.15) is 5.10 Å². The topological polar surface area (TPSA) is 85.8 Å². The van der Waals surface area contributed by atoms with Gasteiger partial charge in [-0.1, -0.05) is 6.42 Å². The number of amides is 1. The van der Waals surface area contributed by atoms with Crippen molar-refractivity contribution in [1.29, 1.82) is 0 Å². The maximum Gasteiger partial charge on any atom is 0.224 e. The lowest BCUT2D eigenvalue weighted by Crippen LogP contribution is -2.12. The number of carbonyl (C=O) groups excluding carboxylic acids is 1. The summed E-state index contributed by atoms with van der Waals surface area (Å²) in [5.41, 5.74) is 6.10. The average molecular weight is 291 g/mol. The SMILES string of the molecule is NCCCCCC(=O)Nc1ccc(-n2cncn2)c(F)c1. The molecule has 7 heteroatoms. The number of rotatable bonds is 7. The molecule has 2 rings (SSSR count). The normalized spacial score (nSPS) is 10.6. The largest absolute Gasteiger partial charge is 0.330 e. The molecule has 112 valence electrons. The number of anilines is 1. The summed E-state index contributed by atoms with van der Waals surface area (Å²) in [5, 5.41) is 6.54. The van der Waals surface area contributed by atoms with E-state index in [1.807, 2.05) is 0 Å². The van der Waals surface area contributed by atoms with Crippen LogP contribution < -0.4 is 11.1 Å². The Hall–Kier alpha value is -2.28. The van der Waals surface area contributed by atoms with E-state index in [1.54, 1.807) is 12.1 Å². The molecule has 0 radical (unpaired) electrons. The number of nitrogens with zero attached hydrogens (tertiary/aromatic N) is 3. The summed E-state index contributed by atoms with van der Waals surface area (Å²) in [6.45, 7) is 0.635. The molecule has 0 saturated heterocycles. The van der Waals surface area contributed by atoms with Crippen molar-refractivity contribution >= 4 is 11.6 Å². The van der Waals surface area contributed by atoms with Crippen LogP contribution in [0.4, 0.5) is 10.1 Å². The molecule has 6 nitrogen and oxygen atoms in total. The van der Waals surface area contributed by atoms with Gasteiger partial charge in [0.1, 0.15) is 18.3 Å². The van der Waals surface area contributed by atoms with E-state index in [2.05, 4.69) is 15.4 Å². The Kier molecular flexibility index (Phi) is 5.39. The number of halogens is 1. The van der Waals surface area contributed by atoms with Crippen molar-refractivity contribution in [2.45, 2.75) is 25.7 Å². The smallest absolute Gasteiger partial charge is 0.224 e. The van der Waals surface area contributed by atoms with Crippen LogP contribution >= 0.6 is 0 Å². The number of nitrogens with one attached hydrogen (secondary N) is 1. The third kappa shape index (κ3) is 4.35. The Bertz CT molecular complexity index is 585. The lowest BCUT2D eigenvalue weighted by Gasteiger charge is -2.08. The van der Waals surface area contributed by atoms with Crippen LogP contribution in [0.3, 0.4) is 0 Å². The number of carbonyl (C=O) groups is 1. The molecule has 21 heavy (non-hydrogen) atoms. The van der Waals surface area contributed by atoms with E-state index in [-0.39, 0.29) is 11.6 Å². The lowest BCUT2D eigenvalue weighted by molar-refractivity contribution is -0.116. The van der Waals surface area contributed by atoms with Crippen molar-refractivity contribution in [1.82, 2.24) is 14.8 Å². The predicted octanol–water partition coefficient (Wildman–Crippen LogP) is 1.86. The van der Waals surface area contributed by atoms with Gasteiger partial charge in [0.2, 0.25) is 5.91 Å². The molecule has 0 aliphatic carbocycles. The molecule has 0 aliphatic rings. The van der Waals surface area contributed by atoms with E-state index >= 15 is 0 Å². The van der Waals surface area contributed by atoms with Crippen LogP contribution in [-0.4, -0.2) is 27.2 Å². The number of unbranched alkanes of at least 4 members (excludes halogenated alkanes) is 2. The van der Waals surface area contributed by atoms with E-state index in [9.17, 15) is 9.18 Å². The Balaban J connectivity index is 1.93. The molecule has 0 atom stereocenters. The fourth-order valence-corrected chi connectivity index (χ4v) is 1.93. The maximum atomic E-state index is 14.0. The molecule has 2 aromatic rings. The Labute approximate surface area is 122 Å². The highest BCUT2D eigenvalue weighted by Gasteiger charge is 2.08. The second-order valence-corrected chi connectivity index (χ2v) is 4.65. The summed E-state index contributed by atoms with van der Waals surface area (Å²) in [6.07, 6.45) is 5.76. The minimum Gasteiger partial charge on any atom is -0.330 e. The molecule has 0 aliphatic heterocycles. The van der Waals surface area contributed by atoms with E-state index in [0.717, 1.165) is 19.3 Å². The zero-order valence-electron chi connectivity index (χ0n) is 11.6. The van der Waals surface area contributed by atoms with Crippen LogP contribution in [0, 0.1) is 5.82 Å². The second kappa shape index (κ2) is 7.49. The van der Waals surface area contributed by atoms with E-state index in [0.29, 0.717) is 18.7 Å². The van der Waals surface area contributed by atoms with Crippen LogP contribution in [0.1, 0.15) is 25.7 Å². The monoisotopic (exact) mass is 291 g/mol. The predicted molar refractivity (Wildman–Crippen MR) is 77.5 cm³/mol. The van der Waals surface area contributed by atoms with Gasteiger partial charge in [-0.05, 0) is 37.6 Å². The average Bonchev–Trinajstić information content (AvgIpc) is 2.98. The van der Waals surface area contributed by atoms with Gasteiger partial charge in [0.05, 0.1) is 0 Å². The Morgan fingerprint density at radius 1 is 1.33 bits per heavy atom. The molecule has 0 bridgehead atoms. The van der Waals surface area contributed by atoms with Crippen molar-refractivity contribution in [3.63, 3.8) is 0 Å². The molecular weight excluding hydrogens is 273 g/mol. The number of nitrogens with two attached hydrogens (primary N) is 1. The standard InChI is InChI=1S/C14H18FN5O/c15-12-8-11(19-14(21)4-2-1-3-7-16)5-6-13(12)20-10-17-9-18-20/h5-6,8-10H,1-4,7,16H2,(H,19,21). The molecule has 1 aromatic carbocycles. The highest BCUT2D eigenvalue weighted by molar-refractivity contribution is 5.90. The van der Waals surface area contributed by atoms with Gasteiger partial charge in [0.25, 0.3) is 0 Å². The van der Waals surface area contributed by atoms with Crippen molar-refractivity contribution in [2.75, 3.05) is 11.9 Å². The zero-order chi connectivity index (χ0) is 15.1. The molecule has 0 saturated carbocycles. The summed E-state index contributed by atoms with van der Waals surface area (Å²) in [6, 6.07) is 4.46. The first-order valence-corrected chi connectivity index (χ1v) is 6.85. The van der Waals surface area contributed by atoms with Crippen molar-refractivity contribution < 1.29 is 9.18 Å². The minimum atomic E-state index is -0.471. The van der Waals surface area contributed by atoms with Crippen molar-refractivity contribution in [2.24, 2.45) is 5.73 Å². The third-order valence-corrected chi connectivity index (χ3v) is 3.00. The van der Waals surface area contributed by atoms with Crippen LogP contribution in [0.5, 0.6) is 0 Å². The molecule has 1 heterocycles. The third-order valence-electron chi connectivity index (χ3n) is 3.00. The van der Waals surface area contributed by atoms with Gasteiger partial charge in [0.15, 0.2) is 5.82 Å². The summed E-state index contributed by atoms with van der Waals surface area (Å²) >= 11 is 0. The highest BCUT2D eigenvalue weighted by Crippen LogP contribution is 2.17. The summed E-state index contributed by atoms with van der Waals surface area (Å²) in [5.74, 6) is -0.596. The molecule has 3 N–H and O–H groups in total. The number of benzene rings is 1. The van der Waals surface area contributed by atoms with Gasteiger partial charge >= 0.3 is 0 Å². The minimum absolute atomic E-state index is 0.125. The van der Waals surface area contributed by atoms with Crippen molar-refractivity contribution in [3.8, 4) is 5.69 Å². The number of hydrogen-bond donors (Lipinski definition) is 2. The maximum absolute atomic E-state index is 14.0. The van der Waals surface area contributed by atoms with E-state index < -0.39 is 5.82 Å². The first-order valence-electron chi connectivity index (χ1n) is 6.85. The fourth-order valence-electron chi connectivity index (χ4n) is 1.93. The number of aromatic nitrogens is 3. The van der Waals surface area contributed by atoms with Crippen LogP contribution in [0.25, 0.3) is 5.69 Å². The molecule has 0 fully saturated rings. The molecule has 1 amide bonds. The first kappa shape index (κ1) is 15.1. The highest BCUT2D eigenvalue weighted by atomic mass is 19.1. The quantitative estimate of drug-likeness (QED) is 0.762. The summed E-state index contributed by atoms with van der Waals surface area (Å²) in [4.78, 5) is 15.5. The lowest BCUT2D eigenvalue weighted by atomic mass is 10.2. The first-order chi connectivity index (χ1) is 10.2. The van der Waals surface area contributed by atoms with Crippen molar-refractivity contribution in [3.05, 3.63) is 36.7 Å². The number of hydrogen-bond acceptors (Lipinski definition) is 4. The van der Waals surface area contributed by atoms with E-state index in [4.69, 9.17) is 5.73 Å². The van der Waals surface area contributed by atoms with Gasteiger partial charge in [-0.15, -0.1) is 0 Å². The molecule has 0 spiro atoms. The van der Waals surface area contributed by atoms with Crippen LogP contribution in [0.15, 0.2) is 30.9 Å². The molecule has 1 aromatic heterocycles. The summed E-state index contributed by atoms with van der Waals surface area (Å²) in [7, 11) is 0. The second-order valence-electron chi connectivity index (χ2n) is 4.65. The zero-order valence-corrected chi connectivity index (χ0v) is 11.6. The summed E-state index contributed by atoms with van der Waals surface area (Å²) < 4.78 is 15.3. The van der Waals surface area contributed by atoms with Gasteiger partial charge in [0, 0.05) is 12.1 Å². The van der Waals surface area contributed by atoms with Crippen LogP contribution in [0.2, 0.25) is 0 Å².